The average Bonchev–Trinajstić information content (AvgIpc) is 3.07. The molecule has 0 radical (unpaired) electrons. The largest absolute Gasteiger partial charge is 0.393 e. The van der Waals surface area contributed by atoms with Crippen molar-refractivity contribution in [2.75, 3.05) is 11.1 Å². The Bertz CT molecular complexity index is 1030. The molecular formula is C19H22N6O2. The first-order valence-corrected chi connectivity index (χ1v) is 9.12. The normalized spacial score (nSPS) is 19.5. The monoisotopic (exact) mass is 366 g/mol. The van der Waals surface area contributed by atoms with E-state index in [1.165, 1.54) is 0 Å². The van der Waals surface area contributed by atoms with Crippen LogP contribution < -0.4 is 16.6 Å². The fraction of sp³-hybridized carbons (Fsp3) is 0.368. The summed E-state index contributed by atoms with van der Waals surface area (Å²) >= 11 is 0. The van der Waals surface area contributed by atoms with Crippen LogP contribution in [0.4, 0.5) is 11.8 Å². The van der Waals surface area contributed by atoms with Gasteiger partial charge in [-0.05, 0) is 43.7 Å². The van der Waals surface area contributed by atoms with Crippen molar-refractivity contribution in [2.45, 2.75) is 44.9 Å². The van der Waals surface area contributed by atoms with Crippen molar-refractivity contribution < 1.29 is 5.11 Å². The molecule has 140 valence electrons. The molecule has 4 N–H and O–H groups in total. The number of rotatable bonds is 4. The summed E-state index contributed by atoms with van der Waals surface area (Å²) in [6, 6.07) is 3.86. The summed E-state index contributed by atoms with van der Waals surface area (Å²) in [5, 5.41) is 14.6. The molecule has 1 aliphatic carbocycles. The maximum atomic E-state index is 12.9. The molecule has 0 saturated heterocycles. The molecule has 0 amide bonds. The number of hydrogen-bond donors (Lipinski definition) is 3. The van der Waals surface area contributed by atoms with Gasteiger partial charge < -0.3 is 20.7 Å². The van der Waals surface area contributed by atoms with Crippen molar-refractivity contribution in [3.63, 3.8) is 0 Å². The second kappa shape index (κ2) is 6.96. The Hall–Kier alpha value is -3.00. The zero-order chi connectivity index (χ0) is 19.0. The predicted octanol–water partition coefficient (Wildman–Crippen LogP) is 1.78. The number of nitrogen functional groups attached to an aromatic ring is 1. The van der Waals surface area contributed by atoms with Crippen LogP contribution in [0.15, 0.2) is 35.5 Å². The van der Waals surface area contributed by atoms with Crippen LogP contribution in [0.25, 0.3) is 22.0 Å². The van der Waals surface area contributed by atoms with Gasteiger partial charge in [-0.25, -0.2) is 15.0 Å². The van der Waals surface area contributed by atoms with Gasteiger partial charge in [-0.1, -0.05) is 0 Å². The van der Waals surface area contributed by atoms with E-state index in [4.69, 9.17) is 10.7 Å². The van der Waals surface area contributed by atoms with Crippen LogP contribution in [0, 0.1) is 0 Å². The highest BCUT2D eigenvalue weighted by Crippen LogP contribution is 2.28. The summed E-state index contributed by atoms with van der Waals surface area (Å²) < 4.78 is 1.66. The van der Waals surface area contributed by atoms with E-state index in [1.807, 2.05) is 19.1 Å². The van der Waals surface area contributed by atoms with Gasteiger partial charge in [-0.15, -0.1) is 0 Å². The fourth-order valence-electron chi connectivity index (χ4n) is 3.56. The SMILES string of the molecule is CCn1ccc2cc(-c3cnc(N)nc3)nc(N[C@H]3CC[C@@H](O)C3)c2c1=O. The molecule has 0 unspecified atom stereocenters. The number of nitrogens with zero attached hydrogens (tertiary/aromatic N) is 4. The standard InChI is InChI=1S/C19H22N6O2/c1-2-25-6-5-11-7-15(12-9-21-19(20)22-10-12)24-17(16(11)18(25)27)23-13-3-4-14(26)8-13/h5-7,9-10,13-14,26H,2-4,8H2,1H3,(H,23,24)(H2,20,21,22)/t13-,14+/m0/s1. The van der Waals surface area contributed by atoms with E-state index in [0.717, 1.165) is 23.8 Å². The maximum absolute atomic E-state index is 12.9. The van der Waals surface area contributed by atoms with Crippen molar-refractivity contribution in [3.05, 3.63) is 41.1 Å². The van der Waals surface area contributed by atoms with E-state index in [2.05, 4.69) is 15.3 Å². The Morgan fingerprint density at radius 2 is 2.11 bits per heavy atom. The third kappa shape index (κ3) is 3.35. The summed E-state index contributed by atoms with van der Waals surface area (Å²) in [5.74, 6) is 0.731. The van der Waals surface area contributed by atoms with Gasteiger partial charge in [-0.3, -0.25) is 4.79 Å². The Balaban J connectivity index is 1.87. The first-order valence-electron chi connectivity index (χ1n) is 9.12. The van der Waals surface area contributed by atoms with Gasteiger partial charge in [0.15, 0.2) is 0 Å². The molecular weight excluding hydrogens is 344 g/mol. The van der Waals surface area contributed by atoms with Gasteiger partial charge in [0.05, 0.1) is 17.2 Å². The lowest BCUT2D eigenvalue weighted by Gasteiger charge is -2.17. The minimum Gasteiger partial charge on any atom is -0.393 e. The third-order valence-corrected chi connectivity index (χ3v) is 5.01. The number of aromatic nitrogens is 4. The van der Waals surface area contributed by atoms with Crippen LogP contribution >= 0.6 is 0 Å². The molecule has 0 aliphatic heterocycles. The van der Waals surface area contributed by atoms with Gasteiger partial charge in [0.1, 0.15) is 5.82 Å². The van der Waals surface area contributed by atoms with Gasteiger partial charge in [0, 0.05) is 36.7 Å². The molecule has 1 fully saturated rings. The summed E-state index contributed by atoms with van der Waals surface area (Å²) in [4.78, 5) is 25.7. The molecule has 3 aromatic rings. The van der Waals surface area contributed by atoms with Crippen molar-refractivity contribution in [2.24, 2.45) is 0 Å². The second-order valence-electron chi connectivity index (χ2n) is 6.87. The molecule has 0 spiro atoms. The van der Waals surface area contributed by atoms with Gasteiger partial charge in [-0.2, -0.15) is 0 Å². The van der Waals surface area contributed by atoms with E-state index in [-0.39, 0.29) is 23.7 Å². The number of nitrogens with two attached hydrogens (primary N) is 1. The molecule has 4 rings (SSSR count). The van der Waals surface area contributed by atoms with Crippen LogP contribution in [0.1, 0.15) is 26.2 Å². The third-order valence-electron chi connectivity index (χ3n) is 5.01. The molecule has 8 heteroatoms. The Morgan fingerprint density at radius 1 is 1.33 bits per heavy atom. The van der Waals surface area contributed by atoms with E-state index < -0.39 is 0 Å². The lowest BCUT2D eigenvalue weighted by Crippen LogP contribution is -2.23. The molecule has 2 atom stereocenters. The van der Waals surface area contributed by atoms with Gasteiger partial charge >= 0.3 is 0 Å². The molecule has 3 heterocycles. The smallest absolute Gasteiger partial charge is 0.262 e. The van der Waals surface area contributed by atoms with E-state index in [0.29, 0.717) is 29.9 Å². The zero-order valence-electron chi connectivity index (χ0n) is 15.1. The highest BCUT2D eigenvalue weighted by molar-refractivity contribution is 5.93. The maximum Gasteiger partial charge on any atom is 0.262 e. The molecule has 1 saturated carbocycles. The van der Waals surface area contributed by atoms with Crippen LogP contribution in [-0.4, -0.2) is 36.8 Å². The number of aliphatic hydroxyl groups is 1. The van der Waals surface area contributed by atoms with E-state index in [1.54, 1.807) is 23.2 Å². The number of nitrogens with one attached hydrogen (secondary N) is 1. The molecule has 1 aliphatic rings. The van der Waals surface area contributed by atoms with E-state index >= 15 is 0 Å². The number of aryl methyl sites for hydroxylation is 1. The van der Waals surface area contributed by atoms with Crippen LogP contribution in [0.5, 0.6) is 0 Å². The summed E-state index contributed by atoms with van der Waals surface area (Å²) in [6.45, 7) is 2.52. The summed E-state index contributed by atoms with van der Waals surface area (Å²) in [7, 11) is 0. The Morgan fingerprint density at radius 3 is 2.78 bits per heavy atom. The number of pyridine rings is 2. The molecule has 0 bridgehead atoms. The van der Waals surface area contributed by atoms with Crippen molar-refractivity contribution >= 4 is 22.5 Å². The highest BCUT2D eigenvalue weighted by Gasteiger charge is 2.24. The minimum atomic E-state index is -0.310. The first-order chi connectivity index (χ1) is 13.0. The molecule has 8 nitrogen and oxygen atoms in total. The molecule has 0 aromatic carbocycles. The Labute approximate surface area is 156 Å². The highest BCUT2D eigenvalue weighted by atomic mass is 16.3. The second-order valence-corrected chi connectivity index (χ2v) is 6.87. The summed E-state index contributed by atoms with van der Waals surface area (Å²) in [6.07, 6.45) is 6.95. The lowest BCUT2D eigenvalue weighted by atomic mass is 10.1. The van der Waals surface area contributed by atoms with Crippen LogP contribution in [0.2, 0.25) is 0 Å². The van der Waals surface area contributed by atoms with E-state index in [9.17, 15) is 9.90 Å². The lowest BCUT2D eigenvalue weighted by molar-refractivity contribution is 0.182. The van der Waals surface area contributed by atoms with Gasteiger partial charge in [0.25, 0.3) is 5.56 Å². The first kappa shape index (κ1) is 17.4. The number of aliphatic hydroxyl groups excluding tert-OH is 1. The quantitative estimate of drug-likeness (QED) is 0.644. The van der Waals surface area contributed by atoms with Crippen molar-refractivity contribution in [1.82, 2.24) is 19.5 Å². The topological polar surface area (TPSA) is 119 Å². The number of fused-ring (bicyclic) bond motifs is 1. The van der Waals surface area contributed by atoms with Crippen molar-refractivity contribution in [3.8, 4) is 11.3 Å². The molecule has 27 heavy (non-hydrogen) atoms. The number of hydrogen-bond acceptors (Lipinski definition) is 7. The average molecular weight is 366 g/mol. The zero-order valence-corrected chi connectivity index (χ0v) is 15.1. The molecule has 3 aromatic heterocycles. The Kier molecular flexibility index (Phi) is 4.49. The number of anilines is 2. The van der Waals surface area contributed by atoms with Crippen molar-refractivity contribution in [1.29, 1.82) is 0 Å². The predicted molar refractivity (Wildman–Crippen MR) is 104 cm³/mol. The fourth-order valence-corrected chi connectivity index (χ4v) is 3.56. The van der Waals surface area contributed by atoms with Crippen LogP contribution in [-0.2, 0) is 6.54 Å². The summed E-state index contributed by atoms with van der Waals surface area (Å²) in [5.41, 5.74) is 6.88. The van der Waals surface area contributed by atoms with Crippen LogP contribution in [0.3, 0.4) is 0 Å². The minimum absolute atomic E-state index is 0.0800. The van der Waals surface area contributed by atoms with Gasteiger partial charge in [0.2, 0.25) is 5.95 Å².